The molecule has 0 N–H and O–H groups in total. The normalized spacial score (nSPS) is 11.2. The lowest BCUT2D eigenvalue weighted by atomic mass is 10.3. The van der Waals surface area contributed by atoms with E-state index in [0.29, 0.717) is 0 Å². The molecule has 0 atom stereocenters. The minimum absolute atomic E-state index is 0.526. The molecule has 115 valence electrons. The SMILES string of the molecule is C[Si](C)c1cccc(P(c2ccccc2)c2ccccc2)c1S. The molecular weight excluding hydrogens is 331 g/mol. The van der Waals surface area contributed by atoms with Gasteiger partial charge >= 0.3 is 0 Å². The van der Waals surface area contributed by atoms with Gasteiger partial charge in [-0.15, -0.1) is 12.6 Å². The number of hydrogen-bond acceptors (Lipinski definition) is 1. The van der Waals surface area contributed by atoms with Crippen LogP contribution in [0.25, 0.3) is 0 Å². The van der Waals surface area contributed by atoms with Gasteiger partial charge < -0.3 is 0 Å². The van der Waals surface area contributed by atoms with Gasteiger partial charge in [-0.05, 0) is 29.0 Å². The molecule has 0 saturated carbocycles. The van der Waals surface area contributed by atoms with Crippen LogP contribution in [-0.4, -0.2) is 8.80 Å². The fourth-order valence-electron chi connectivity index (χ4n) is 2.70. The second kappa shape index (κ2) is 7.48. The van der Waals surface area contributed by atoms with Gasteiger partial charge in [0.25, 0.3) is 0 Å². The van der Waals surface area contributed by atoms with Gasteiger partial charge in [-0.2, -0.15) is 0 Å². The first-order valence-corrected chi connectivity index (χ1v) is 12.0. The smallest absolute Gasteiger partial charge is 0.0806 e. The molecule has 0 heterocycles. The summed E-state index contributed by atoms with van der Waals surface area (Å²) in [6.07, 6.45) is 0. The third-order valence-electron chi connectivity index (χ3n) is 3.82. The standard InChI is InChI=1S/C20H20PSSi/c1-23(2)19-15-9-14-18(20(19)22)21(16-10-5-3-6-11-16)17-12-7-4-8-13-17/h3-15,22H,1-2H3. The Labute approximate surface area is 147 Å². The summed E-state index contributed by atoms with van der Waals surface area (Å²) >= 11 is 4.93. The maximum Gasteiger partial charge on any atom is 0.0806 e. The summed E-state index contributed by atoms with van der Waals surface area (Å²) in [6, 6.07) is 28.3. The van der Waals surface area contributed by atoms with Gasteiger partial charge in [0.2, 0.25) is 0 Å². The van der Waals surface area contributed by atoms with Crippen molar-refractivity contribution in [2.75, 3.05) is 0 Å². The Morgan fingerprint density at radius 2 is 1.22 bits per heavy atom. The van der Waals surface area contributed by atoms with Crippen molar-refractivity contribution in [3.05, 3.63) is 78.9 Å². The summed E-state index contributed by atoms with van der Waals surface area (Å²) in [5, 5.41) is 5.55. The number of benzene rings is 3. The van der Waals surface area contributed by atoms with Crippen molar-refractivity contribution >= 4 is 50.4 Å². The molecule has 23 heavy (non-hydrogen) atoms. The van der Waals surface area contributed by atoms with E-state index in [2.05, 4.69) is 92.0 Å². The zero-order valence-corrected chi connectivity index (χ0v) is 16.2. The van der Waals surface area contributed by atoms with Crippen LogP contribution in [0.15, 0.2) is 83.8 Å². The molecule has 0 nitrogen and oxygen atoms in total. The van der Waals surface area contributed by atoms with Crippen LogP contribution in [0.4, 0.5) is 0 Å². The summed E-state index contributed by atoms with van der Waals surface area (Å²) in [7, 11) is -1.09. The van der Waals surface area contributed by atoms with Crippen molar-refractivity contribution in [3.63, 3.8) is 0 Å². The van der Waals surface area contributed by atoms with Gasteiger partial charge in [0.15, 0.2) is 0 Å². The molecule has 0 aliphatic rings. The molecule has 3 aromatic carbocycles. The topological polar surface area (TPSA) is 0 Å². The lowest BCUT2D eigenvalue weighted by Gasteiger charge is -2.23. The lowest BCUT2D eigenvalue weighted by Crippen LogP contribution is -2.31. The largest absolute Gasteiger partial charge is 0.143 e. The van der Waals surface area contributed by atoms with E-state index in [0.717, 1.165) is 0 Å². The average molecular weight is 352 g/mol. The molecule has 1 radical (unpaired) electrons. The molecule has 3 aromatic rings. The molecule has 0 saturated heterocycles. The Morgan fingerprint density at radius 1 is 0.696 bits per heavy atom. The van der Waals surface area contributed by atoms with Crippen LogP contribution in [0.2, 0.25) is 13.1 Å². The fraction of sp³-hybridized carbons (Fsp3) is 0.100. The first-order chi connectivity index (χ1) is 11.2. The summed E-state index contributed by atoms with van der Waals surface area (Å²) < 4.78 is 0. The van der Waals surface area contributed by atoms with Crippen molar-refractivity contribution in [1.82, 2.24) is 0 Å². The van der Waals surface area contributed by atoms with Crippen LogP contribution < -0.4 is 21.1 Å². The predicted octanol–water partition coefficient (Wildman–Crippen LogP) is 3.69. The van der Waals surface area contributed by atoms with E-state index >= 15 is 0 Å². The van der Waals surface area contributed by atoms with Gasteiger partial charge in [-0.1, -0.05) is 92.0 Å². The van der Waals surface area contributed by atoms with Crippen LogP contribution in [-0.2, 0) is 0 Å². The van der Waals surface area contributed by atoms with Gasteiger partial charge in [0.05, 0.1) is 8.80 Å². The number of hydrogen-bond donors (Lipinski definition) is 1. The van der Waals surface area contributed by atoms with E-state index < -0.39 is 16.7 Å². The third-order valence-corrected chi connectivity index (χ3v) is 8.67. The van der Waals surface area contributed by atoms with Crippen LogP contribution in [0.3, 0.4) is 0 Å². The zero-order chi connectivity index (χ0) is 16.2. The quantitative estimate of drug-likeness (QED) is 0.414. The molecule has 3 rings (SSSR count). The minimum atomic E-state index is -0.568. The second-order valence-corrected chi connectivity index (χ2v) is 10.9. The lowest BCUT2D eigenvalue weighted by molar-refractivity contribution is 1.59. The summed E-state index contributed by atoms with van der Waals surface area (Å²) in [5.74, 6) is 0. The van der Waals surface area contributed by atoms with Crippen molar-refractivity contribution in [2.45, 2.75) is 18.0 Å². The maximum absolute atomic E-state index is 4.93. The van der Waals surface area contributed by atoms with Crippen LogP contribution >= 0.6 is 20.6 Å². The Kier molecular flexibility index (Phi) is 5.37. The number of thiol groups is 1. The van der Waals surface area contributed by atoms with Gasteiger partial charge in [-0.3, -0.25) is 0 Å². The van der Waals surface area contributed by atoms with E-state index in [-0.39, 0.29) is 0 Å². The molecular formula is C20H20PSSi. The van der Waals surface area contributed by atoms with Crippen molar-refractivity contribution < 1.29 is 0 Å². The predicted molar refractivity (Wildman–Crippen MR) is 110 cm³/mol. The molecule has 3 heteroatoms. The maximum atomic E-state index is 4.93. The van der Waals surface area contributed by atoms with Crippen molar-refractivity contribution in [3.8, 4) is 0 Å². The van der Waals surface area contributed by atoms with Crippen LogP contribution in [0.1, 0.15) is 0 Å². The molecule has 0 unspecified atom stereocenters. The third kappa shape index (κ3) is 3.61. The highest BCUT2D eigenvalue weighted by Gasteiger charge is 2.20. The Bertz CT molecular complexity index is 733. The molecule has 0 bridgehead atoms. The molecule has 0 spiro atoms. The fourth-order valence-corrected chi connectivity index (χ4v) is 7.32. The summed E-state index contributed by atoms with van der Waals surface area (Å²) in [5.41, 5.74) is 0. The molecule has 0 fully saturated rings. The summed E-state index contributed by atoms with van der Waals surface area (Å²) in [6.45, 7) is 4.66. The van der Waals surface area contributed by atoms with E-state index in [1.807, 2.05) is 0 Å². The average Bonchev–Trinajstić information content (AvgIpc) is 2.58. The summed E-state index contributed by atoms with van der Waals surface area (Å²) in [4.78, 5) is 1.19. The zero-order valence-electron chi connectivity index (χ0n) is 13.4. The van der Waals surface area contributed by atoms with Gasteiger partial charge in [-0.25, -0.2) is 0 Å². The van der Waals surface area contributed by atoms with Gasteiger partial charge in [0, 0.05) is 4.90 Å². The second-order valence-electron chi connectivity index (χ2n) is 5.68. The van der Waals surface area contributed by atoms with E-state index in [4.69, 9.17) is 12.6 Å². The van der Waals surface area contributed by atoms with Gasteiger partial charge in [0.1, 0.15) is 0 Å². The molecule has 0 amide bonds. The highest BCUT2D eigenvalue weighted by Crippen LogP contribution is 2.34. The molecule has 0 aliphatic carbocycles. The van der Waals surface area contributed by atoms with Crippen LogP contribution in [0.5, 0.6) is 0 Å². The first kappa shape index (κ1) is 16.5. The van der Waals surface area contributed by atoms with E-state index in [1.54, 1.807) is 0 Å². The van der Waals surface area contributed by atoms with E-state index in [1.165, 1.54) is 26.0 Å². The van der Waals surface area contributed by atoms with E-state index in [9.17, 15) is 0 Å². The minimum Gasteiger partial charge on any atom is -0.143 e. The Balaban J connectivity index is 2.20. The molecule has 0 aliphatic heterocycles. The highest BCUT2D eigenvalue weighted by atomic mass is 32.1. The van der Waals surface area contributed by atoms with Crippen molar-refractivity contribution in [1.29, 1.82) is 0 Å². The number of rotatable bonds is 4. The van der Waals surface area contributed by atoms with Crippen LogP contribution in [0, 0.1) is 0 Å². The molecule has 0 aromatic heterocycles. The Hall–Kier alpha value is -1.34. The van der Waals surface area contributed by atoms with Crippen molar-refractivity contribution in [2.24, 2.45) is 0 Å². The monoisotopic (exact) mass is 351 g/mol. The first-order valence-electron chi connectivity index (χ1n) is 7.71. The Morgan fingerprint density at radius 3 is 1.70 bits per heavy atom. The highest BCUT2D eigenvalue weighted by molar-refractivity contribution is 7.84.